The molecule has 3 aliphatic rings. The first-order valence-corrected chi connectivity index (χ1v) is 5.32. The zero-order valence-electron chi connectivity index (χ0n) is 8.34. The molecule has 0 amide bonds. The van der Waals surface area contributed by atoms with E-state index in [4.69, 9.17) is 0 Å². The molecule has 4 atom stereocenters. The predicted molar refractivity (Wildman–Crippen MR) is 51.2 cm³/mol. The van der Waals surface area contributed by atoms with Crippen LogP contribution >= 0.6 is 0 Å². The Bertz CT molecular complexity index is 315. The molecule has 0 N–H and O–H groups in total. The van der Waals surface area contributed by atoms with Crippen LogP contribution in [0.25, 0.3) is 0 Å². The number of rotatable bonds is 0. The fraction of sp³-hybridized carbons (Fsp3) is 0.750. The van der Waals surface area contributed by atoms with Gasteiger partial charge in [0.2, 0.25) is 0 Å². The molecule has 3 aliphatic carbocycles. The van der Waals surface area contributed by atoms with E-state index >= 15 is 0 Å². The van der Waals surface area contributed by atoms with Crippen molar-refractivity contribution in [2.24, 2.45) is 23.2 Å². The summed E-state index contributed by atoms with van der Waals surface area (Å²) >= 11 is 0. The smallest absolute Gasteiger partial charge is 0.139 e. The molecule has 4 unspecified atom stereocenters. The largest absolute Gasteiger partial charge is 0.299 e. The summed E-state index contributed by atoms with van der Waals surface area (Å²) < 4.78 is 0. The SMILES string of the molecule is CC1=CC2C(C1)C1CC(=O)C2(C)C1. The Morgan fingerprint density at radius 1 is 1.46 bits per heavy atom. The highest BCUT2D eigenvalue weighted by atomic mass is 16.1. The van der Waals surface area contributed by atoms with Crippen LogP contribution < -0.4 is 0 Å². The normalized spacial score (nSPS) is 52.6. The van der Waals surface area contributed by atoms with Gasteiger partial charge in [-0.2, -0.15) is 0 Å². The van der Waals surface area contributed by atoms with Crippen molar-refractivity contribution in [2.75, 3.05) is 0 Å². The maximum Gasteiger partial charge on any atom is 0.139 e. The van der Waals surface area contributed by atoms with E-state index in [2.05, 4.69) is 19.9 Å². The Kier molecular flexibility index (Phi) is 1.24. The number of fused-ring (bicyclic) bond motifs is 5. The van der Waals surface area contributed by atoms with Gasteiger partial charge in [0, 0.05) is 11.8 Å². The Morgan fingerprint density at radius 2 is 2.23 bits per heavy atom. The minimum Gasteiger partial charge on any atom is -0.299 e. The third kappa shape index (κ3) is 0.762. The summed E-state index contributed by atoms with van der Waals surface area (Å²) in [5.74, 6) is 2.67. The van der Waals surface area contributed by atoms with E-state index in [1.807, 2.05) is 0 Å². The summed E-state index contributed by atoms with van der Waals surface area (Å²) in [6.07, 6.45) is 5.68. The minimum absolute atomic E-state index is 0.0348. The molecule has 0 aromatic carbocycles. The maximum absolute atomic E-state index is 11.8. The van der Waals surface area contributed by atoms with Crippen LogP contribution in [-0.4, -0.2) is 5.78 Å². The number of hydrogen-bond donors (Lipinski definition) is 0. The van der Waals surface area contributed by atoms with Crippen molar-refractivity contribution in [1.29, 1.82) is 0 Å². The monoisotopic (exact) mass is 176 g/mol. The molecular formula is C12H16O. The lowest BCUT2D eigenvalue weighted by molar-refractivity contribution is -0.128. The summed E-state index contributed by atoms with van der Waals surface area (Å²) in [7, 11) is 0. The molecule has 1 heteroatoms. The molecule has 0 spiro atoms. The van der Waals surface area contributed by atoms with Crippen molar-refractivity contribution >= 4 is 5.78 Å². The fourth-order valence-corrected chi connectivity index (χ4v) is 3.94. The average molecular weight is 176 g/mol. The predicted octanol–water partition coefficient (Wildman–Crippen LogP) is 2.57. The summed E-state index contributed by atoms with van der Waals surface area (Å²) in [6.45, 7) is 4.40. The van der Waals surface area contributed by atoms with Gasteiger partial charge in [-0.1, -0.05) is 18.6 Å². The molecule has 2 fully saturated rings. The average Bonchev–Trinajstić information content (AvgIpc) is 2.60. The molecule has 0 aliphatic heterocycles. The zero-order chi connectivity index (χ0) is 9.22. The highest BCUT2D eigenvalue weighted by molar-refractivity contribution is 5.89. The topological polar surface area (TPSA) is 17.1 Å². The van der Waals surface area contributed by atoms with Gasteiger partial charge in [0.05, 0.1) is 0 Å². The van der Waals surface area contributed by atoms with Gasteiger partial charge in [0.15, 0.2) is 0 Å². The first-order valence-electron chi connectivity index (χ1n) is 5.32. The molecule has 2 saturated carbocycles. The molecular weight excluding hydrogens is 160 g/mol. The quantitative estimate of drug-likeness (QED) is 0.518. The van der Waals surface area contributed by atoms with Gasteiger partial charge in [0.25, 0.3) is 0 Å². The Hall–Kier alpha value is -0.590. The molecule has 13 heavy (non-hydrogen) atoms. The van der Waals surface area contributed by atoms with Gasteiger partial charge in [-0.05, 0) is 37.5 Å². The molecule has 0 radical (unpaired) electrons. The number of carbonyl (C=O) groups excluding carboxylic acids is 1. The first-order chi connectivity index (χ1) is 6.11. The van der Waals surface area contributed by atoms with Crippen molar-refractivity contribution in [3.8, 4) is 0 Å². The van der Waals surface area contributed by atoms with E-state index in [0.717, 1.165) is 18.3 Å². The number of ketones is 1. The van der Waals surface area contributed by atoms with E-state index in [1.165, 1.54) is 18.4 Å². The van der Waals surface area contributed by atoms with Gasteiger partial charge in [0.1, 0.15) is 5.78 Å². The molecule has 70 valence electrons. The van der Waals surface area contributed by atoms with Crippen molar-refractivity contribution in [1.82, 2.24) is 0 Å². The third-order valence-electron chi connectivity index (χ3n) is 4.60. The van der Waals surface area contributed by atoms with Crippen molar-refractivity contribution in [2.45, 2.75) is 33.1 Å². The van der Waals surface area contributed by atoms with Crippen LogP contribution in [0, 0.1) is 23.2 Å². The second-order valence-electron chi connectivity index (χ2n) is 5.42. The Morgan fingerprint density at radius 3 is 3.00 bits per heavy atom. The molecule has 1 nitrogen and oxygen atoms in total. The van der Waals surface area contributed by atoms with Crippen LogP contribution in [-0.2, 0) is 4.79 Å². The molecule has 0 aromatic heterocycles. The van der Waals surface area contributed by atoms with Crippen LogP contribution in [0.15, 0.2) is 11.6 Å². The van der Waals surface area contributed by atoms with Gasteiger partial charge >= 0.3 is 0 Å². The first kappa shape index (κ1) is 7.78. The van der Waals surface area contributed by atoms with Crippen LogP contribution in [0.4, 0.5) is 0 Å². The highest BCUT2D eigenvalue weighted by Crippen LogP contribution is 2.62. The summed E-state index contributed by atoms with van der Waals surface area (Å²) in [5.41, 5.74) is 1.55. The molecule has 2 bridgehead atoms. The number of allylic oxidation sites excluding steroid dienone is 2. The van der Waals surface area contributed by atoms with E-state index in [0.29, 0.717) is 11.7 Å². The standard InChI is InChI=1S/C12H16O/c1-7-3-9-8-5-11(13)12(2,6-8)10(9)4-7/h4,8-10H,3,5-6H2,1-2H3. The van der Waals surface area contributed by atoms with Crippen molar-refractivity contribution in [3.05, 3.63) is 11.6 Å². The van der Waals surface area contributed by atoms with Crippen molar-refractivity contribution < 1.29 is 4.79 Å². The molecule has 0 saturated heterocycles. The van der Waals surface area contributed by atoms with E-state index in [1.54, 1.807) is 0 Å². The lowest BCUT2D eigenvalue weighted by atomic mass is 9.72. The third-order valence-corrected chi connectivity index (χ3v) is 4.60. The molecule has 3 rings (SSSR count). The lowest BCUT2D eigenvalue weighted by Crippen LogP contribution is -2.32. The van der Waals surface area contributed by atoms with Gasteiger partial charge < -0.3 is 0 Å². The molecule has 0 aromatic rings. The van der Waals surface area contributed by atoms with E-state index in [9.17, 15) is 4.79 Å². The second kappa shape index (κ2) is 2.08. The van der Waals surface area contributed by atoms with Gasteiger partial charge in [-0.25, -0.2) is 0 Å². The summed E-state index contributed by atoms with van der Waals surface area (Å²) in [6, 6.07) is 0. The van der Waals surface area contributed by atoms with E-state index < -0.39 is 0 Å². The van der Waals surface area contributed by atoms with Gasteiger partial charge in [-0.15, -0.1) is 0 Å². The van der Waals surface area contributed by atoms with Crippen LogP contribution in [0.2, 0.25) is 0 Å². The zero-order valence-corrected chi connectivity index (χ0v) is 8.34. The number of carbonyl (C=O) groups is 1. The molecule has 0 heterocycles. The summed E-state index contributed by atoms with van der Waals surface area (Å²) in [4.78, 5) is 11.8. The van der Waals surface area contributed by atoms with Crippen LogP contribution in [0.3, 0.4) is 0 Å². The van der Waals surface area contributed by atoms with Crippen LogP contribution in [0.1, 0.15) is 33.1 Å². The minimum atomic E-state index is 0.0348. The maximum atomic E-state index is 11.8. The van der Waals surface area contributed by atoms with Gasteiger partial charge in [-0.3, -0.25) is 4.79 Å². The number of Topliss-reactive ketones (excluding diaryl/α,β-unsaturated/α-hetero) is 1. The van der Waals surface area contributed by atoms with Crippen LogP contribution in [0.5, 0.6) is 0 Å². The fourth-order valence-electron chi connectivity index (χ4n) is 3.94. The Labute approximate surface area is 79.2 Å². The summed E-state index contributed by atoms with van der Waals surface area (Å²) in [5, 5.41) is 0. The Balaban J connectivity index is 2.05. The van der Waals surface area contributed by atoms with Crippen molar-refractivity contribution in [3.63, 3.8) is 0 Å². The number of hydrogen-bond acceptors (Lipinski definition) is 1. The second-order valence-corrected chi connectivity index (χ2v) is 5.42. The lowest BCUT2D eigenvalue weighted by Gasteiger charge is -2.30. The highest BCUT2D eigenvalue weighted by Gasteiger charge is 2.60. The van der Waals surface area contributed by atoms with E-state index in [-0.39, 0.29) is 5.41 Å².